The minimum Gasteiger partial charge on any atom is -0.324 e. The van der Waals surface area contributed by atoms with E-state index in [9.17, 15) is 9.59 Å². The van der Waals surface area contributed by atoms with Crippen LogP contribution in [0.5, 0.6) is 0 Å². The van der Waals surface area contributed by atoms with Crippen molar-refractivity contribution in [1.29, 1.82) is 0 Å². The third-order valence-corrected chi connectivity index (χ3v) is 4.44. The Morgan fingerprint density at radius 3 is 3.00 bits per heavy atom. The van der Waals surface area contributed by atoms with Crippen LogP contribution >= 0.6 is 11.5 Å². The number of carbonyl (C=O) groups excluding carboxylic acids is 2. The second-order valence-electron chi connectivity index (χ2n) is 5.23. The van der Waals surface area contributed by atoms with E-state index in [0.29, 0.717) is 34.9 Å². The Morgan fingerprint density at radius 1 is 1.45 bits per heavy atom. The maximum absolute atomic E-state index is 12.9. The Bertz CT molecular complexity index is 728. The van der Waals surface area contributed by atoms with E-state index in [1.54, 1.807) is 11.0 Å². The number of para-hydroxylation sites is 2. The van der Waals surface area contributed by atoms with E-state index in [1.165, 1.54) is 0 Å². The van der Waals surface area contributed by atoms with Gasteiger partial charge in [-0.3, -0.25) is 9.59 Å². The van der Waals surface area contributed by atoms with Gasteiger partial charge >= 0.3 is 0 Å². The first-order valence-corrected chi connectivity index (χ1v) is 7.92. The van der Waals surface area contributed by atoms with Crippen LogP contribution in [-0.2, 0) is 11.2 Å². The lowest BCUT2D eigenvalue weighted by molar-refractivity contribution is -0.119. The van der Waals surface area contributed by atoms with Gasteiger partial charge in [0, 0.05) is 6.54 Å². The highest BCUT2D eigenvalue weighted by molar-refractivity contribution is 7.08. The molecule has 22 heavy (non-hydrogen) atoms. The number of hydrogen-bond acceptors (Lipinski definition) is 5. The molecule has 6 nitrogen and oxygen atoms in total. The van der Waals surface area contributed by atoms with Gasteiger partial charge in [-0.25, -0.2) is 0 Å². The zero-order valence-electron chi connectivity index (χ0n) is 12.4. The van der Waals surface area contributed by atoms with Crippen molar-refractivity contribution in [3.8, 4) is 0 Å². The fourth-order valence-electron chi connectivity index (χ4n) is 2.44. The van der Waals surface area contributed by atoms with Crippen molar-refractivity contribution in [2.75, 3.05) is 16.8 Å². The largest absolute Gasteiger partial charge is 0.324 e. The number of nitrogens with one attached hydrogen (secondary N) is 1. The molecule has 1 aliphatic heterocycles. The van der Waals surface area contributed by atoms with Crippen molar-refractivity contribution in [2.24, 2.45) is 5.92 Å². The molecule has 0 spiro atoms. The van der Waals surface area contributed by atoms with E-state index in [0.717, 1.165) is 11.5 Å². The molecule has 0 fully saturated rings. The van der Waals surface area contributed by atoms with Crippen molar-refractivity contribution in [2.45, 2.75) is 20.3 Å². The number of aromatic nitrogens is 2. The lowest BCUT2D eigenvalue weighted by Gasteiger charge is -2.23. The minimum atomic E-state index is -0.290. The molecule has 2 aromatic rings. The van der Waals surface area contributed by atoms with Crippen molar-refractivity contribution >= 4 is 34.7 Å². The van der Waals surface area contributed by atoms with Crippen LogP contribution in [-0.4, -0.2) is 27.9 Å². The monoisotopic (exact) mass is 316 g/mol. The normalized spacial score (nSPS) is 17.6. The number of aryl methyl sites for hydroxylation is 1. The first-order valence-electron chi connectivity index (χ1n) is 7.14. The van der Waals surface area contributed by atoms with Crippen LogP contribution in [0.15, 0.2) is 24.3 Å². The molecule has 1 N–H and O–H groups in total. The third-order valence-electron chi connectivity index (χ3n) is 3.69. The Labute approximate surface area is 132 Å². The molecule has 1 aromatic carbocycles. The van der Waals surface area contributed by atoms with Crippen LogP contribution < -0.4 is 10.2 Å². The number of nitrogens with zero attached hydrogens (tertiary/aromatic N) is 3. The summed E-state index contributed by atoms with van der Waals surface area (Å²) in [6, 6.07) is 7.33. The van der Waals surface area contributed by atoms with Crippen molar-refractivity contribution in [1.82, 2.24) is 9.59 Å². The lowest BCUT2D eigenvalue weighted by atomic mass is 10.1. The summed E-state index contributed by atoms with van der Waals surface area (Å²) < 4.78 is 3.88. The SMILES string of the molecule is CCc1nnsc1C(=O)N1C[C@H](C)C(=O)Nc2ccccc21. The van der Waals surface area contributed by atoms with Crippen molar-refractivity contribution in [3.63, 3.8) is 0 Å². The highest BCUT2D eigenvalue weighted by Crippen LogP contribution is 2.31. The van der Waals surface area contributed by atoms with Gasteiger partial charge in [0.05, 0.1) is 23.0 Å². The van der Waals surface area contributed by atoms with Crippen LogP contribution in [0, 0.1) is 5.92 Å². The average molecular weight is 316 g/mol. The molecule has 3 rings (SSSR count). The summed E-state index contributed by atoms with van der Waals surface area (Å²) in [5.41, 5.74) is 2.06. The molecule has 2 heterocycles. The zero-order valence-corrected chi connectivity index (χ0v) is 13.2. The predicted octanol–water partition coefficient (Wildman–Crippen LogP) is 2.34. The van der Waals surface area contributed by atoms with Gasteiger partial charge in [-0.1, -0.05) is 30.5 Å². The highest BCUT2D eigenvalue weighted by Gasteiger charge is 2.31. The highest BCUT2D eigenvalue weighted by atomic mass is 32.1. The summed E-state index contributed by atoms with van der Waals surface area (Å²) in [5.74, 6) is -0.522. The molecule has 0 radical (unpaired) electrons. The van der Waals surface area contributed by atoms with Crippen molar-refractivity contribution in [3.05, 3.63) is 34.8 Å². The Kier molecular flexibility index (Phi) is 3.89. The minimum absolute atomic E-state index is 0.0825. The zero-order chi connectivity index (χ0) is 15.7. The van der Waals surface area contributed by atoms with Crippen LogP contribution in [0.2, 0.25) is 0 Å². The van der Waals surface area contributed by atoms with E-state index in [2.05, 4.69) is 14.9 Å². The van der Waals surface area contributed by atoms with Gasteiger partial charge < -0.3 is 10.2 Å². The summed E-state index contributed by atoms with van der Waals surface area (Å²) >= 11 is 1.10. The molecule has 1 atom stereocenters. The lowest BCUT2D eigenvalue weighted by Crippen LogP contribution is -2.35. The molecular weight excluding hydrogens is 300 g/mol. The molecular formula is C15H16N4O2S. The average Bonchev–Trinajstić information content (AvgIpc) is 2.96. The fourth-order valence-corrected chi connectivity index (χ4v) is 3.14. The smallest absolute Gasteiger partial charge is 0.272 e. The molecule has 1 aliphatic rings. The number of fused-ring (bicyclic) bond motifs is 1. The molecule has 0 saturated carbocycles. The number of benzene rings is 1. The van der Waals surface area contributed by atoms with E-state index in [-0.39, 0.29) is 17.7 Å². The van der Waals surface area contributed by atoms with Crippen LogP contribution in [0.1, 0.15) is 29.2 Å². The summed E-state index contributed by atoms with van der Waals surface area (Å²) in [7, 11) is 0. The van der Waals surface area contributed by atoms with E-state index in [4.69, 9.17) is 0 Å². The maximum atomic E-state index is 12.9. The van der Waals surface area contributed by atoms with Gasteiger partial charge in [0.25, 0.3) is 5.91 Å². The molecule has 2 amide bonds. The summed E-state index contributed by atoms with van der Waals surface area (Å²) in [6.45, 7) is 4.09. The maximum Gasteiger partial charge on any atom is 0.272 e. The van der Waals surface area contributed by atoms with Gasteiger partial charge in [-0.2, -0.15) is 0 Å². The van der Waals surface area contributed by atoms with Crippen LogP contribution in [0.4, 0.5) is 11.4 Å². The van der Waals surface area contributed by atoms with Gasteiger partial charge in [-0.05, 0) is 30.1 Å². The van der Waals surface area contributed by atoms with Gasteiger partial charge in [0.15, 0.2) is 0 Å². The molecule has 0 saturated heterocycles. The number of rotatable bonds is 2. The topological polar surface area (TPSA) is 75.2 Å². The van der Waals surface area contributed by atoms with Gasteiger partial charge in [0.2, 0.25) is 5.91 Å². The molecule has 114 valence electrons. The van der Waals surface area contributed by atoms with Crippen molar-refractivity contribution < 1.29 is 9.59 Å². The molecule has 0 unspecified atom stereocenters. The van der Waals surface area contributed by atoms with Gasteiger partial charge in [0.1, 0.15) is 4.88 Å². The predicted molar refractivity (Wildman–Crippen MR) is 85.2 cm³/mol. The number of hydrogen-bond donors (Lipinski definition) is 1. The quantitative estimate of drug-likeness (QED) is 0.922. The summed E-state index contributed by atoms with van der Waals surface area (Å²) in [4.78, 5) is 27.2. The molecule has 0 bridgehead atoms. The number of anilines is 2. The third kappa shape index (κ3) is 2.48. The first-order chi connectivity index (χ1) is 10.6. The Balaban J connectivity index is 2.05. The summed E-state index contributed by atoms with van der Waals surface area (Å²) in [5, 5.41) is 6.87. The standard InChI is InChI=1S/C15H16N4O2S/c1-3-10-13(22-18-17-10)15(21)19-8-9(2)14(20)16-11-6-4-5-7-12(11)19/h4-7,9H,3,8H2,1-2H3,(H,16,20)/t9-/m0/s1. The van der Waals surface area contributed by atoms with Gasteiger partial charge in [-0.15, -0.1) is 5.10 Å². The number of amides is 2. The van der Waals surface area contributed by atoms with E-state index >= 15 is 0 Å². The number of carbonyl (C=O) groups is 2. The summed E-state index contributed by atoms with van der Waals surface area (Å²) in [6.07, 6.45) is 0.653. The Hall–Kier alpha value is -2.28. The van der Waals surface area contributed by atoms with Crippen LogP contribution in [0.3, 0.4) is 0 Å². The van der Waals surface area contributed by atoms with E-state index in [1.807, 2.05) is 32.0 Å². The molecule has 1 aromatic heterocycles. The first kappa shape index (κ1) is 14.6. The van der Waals surface area contributed by atoms with Crippen LogP contribution in [0.25, 0.3) is 0 Å². The second-order valence-corrected chi connectivity index (χ2v) is 5.98. The molecule has 0 aliphatic carbocycles. The van der Waals surface area contributed by atoms with E-state index < -0.39 is 0 Å². The Morgan fingerprint density at radius 2 is 2.23 bits per heavy atom. The fraction of sp³-hybridized carbons (Fsp3) is 0.333. The molecule has 7 heteroatoms. The second kappa shape index (κ2) is 5.84.